The molecular weight excluding hydrogens is 520 g/mol. The van der Waals surface area contributed by atoms with Crippen molar-refractivity contribution in [3.05, 3.63) is 100 Å². The largest absolute Gasteiger partial charge is 0.370 e. The Morgan fingerprint density at radius 2 is 1.77 bits per heavy atom. The van der Waals surface area contributed by atoms with Crippen molar-refractivity contribution >= 4 is 35.2 Å². The Labute approximate surface area is 240 Å². The zero-order valence-corrected chi connectivity index (χ0v) is 23.4. The molecule has 1 aliphatic heterocycles. The molecule has 1 aromatic heterocycles. The molecule has 0 saturated carbocycles. The van der Waals surface area contributed by atoms with Crippen LogP contribution in [0.25, 0.3) is 6.08 Å². The fourth-order valence-corrected chi connectivity index (χ4v) is 5.57. The van der Waals surface area contributed by atoms with E-state index < -0.39 is 6.04 Å². The Morgan fingerprint density at radius 1 is 1.07 bits per heavy atom. The summed E-state index contributed by atoms with van der Waals surface area (Å²) < 4.78 is 0. The zero-order chi connectivity index (χ0) is 28.2. The second-order valence-corrected chi connectivity index (χ2v) is 10.9. The number of guanidine groups is 1. The maximum absolute atomic E-state index is 13.9. The van der Waals surface area contributed by atoms with Crippen LogP contribution in [-0.4, -0.2) is 60.9 Å². The molecule has 40 heavy (non-hydrogen) atoms. The average molecular weight is 559 g/mol. The molecule has 1 aliphatic rings. The van der Waals surface area contributed by atoms with Gasteiger partial charge >= 0.3 is 0 Å². The van der Waals surface area contributed by atoms with Gasteiger partial charge in [0.25, 0.3) is 0 Å². The Morgan fingerprint density at radius 3 is 2.40 bits per heavy atom. The Hall–Kier alpha value is -3.95. The molecule has 0 aliphatic carbocycles. The molecule has 1 saturated heterocycles. The normalized spacial score (nSPS) is 17.6. The lowest BCUT2D eigenvalue weighted by Gasteiger charge is -2.29. The number of carbonyl (C=O) groups excluding carboxylic acids is 2. The number of rotatable bonds is 12. The number of benzene rings is 2. The van der Waals surface area contributed by atoms with E-state index in [4.69, 9.17) is 11.5 Å². The van der Waals surface area contributed by atoms with E-state index >= 15 is 0 Å². The van der Waals surface area contributed by atoms with Gasteiger partial charge in [0.05, 0.1) is 6.04 Å². The van der Waals surface area contributed by atoms with Crippen molar-refractivity contribution in [1.29, 1.82) is 0 Å². The van der Waals surface area contributed by atoms with Crippen LogP contribution in [-0.2, 0) is 9.59 Å². The number of nitrogens with one attached hydrogen (secondary N) is 2. The van der Waals surface area contributed by atoms with Crippen LogP contribution >= 0.6 is 11.3 Å². The first-order valence-electron chi connectivity index (χ1n) is 13.7. The highest BCUT2D eigenvalue weighted by Gasteiger charge is 2.32. The Bertz CT molecular complexity index is 1220. The van der Waals surface area contributed by atoms with Gasteiger partial charge in [-0.3, -0.25) is 14.6 Å². The quantitative estimate of drug-likeness (QED) is 0.117. The molecule has 0 spiro atoms. The van der Waals surface area contributed by atoms with E-state index in [-0.39, 0.29) is 29.7 Å². The smallest absolute Gasteiger partial charge is 0.244 e. The fraction of sp³-hybridized carbons (Fsp3) is 0.323. The van der Waals surface area contributed by atoms with Crippen LogP contribution in [0.5, 0.6) is 0 Å². The van der Waals surface area contributed by atoms with Crippen molar-refractivity contribution in [2.45, 2.75) is 37.3 Å². The predicted octanol–water partition coefficient (Wildman–Crippen LogP) is 3.32. The molecule has 4 rings (SSSR count). The minimum Gasteiger partial charge on any atom is -0.370 e. The Kier molecular flexibility index (Phi) is 10.9. The SMILES string of the molecule is NC(N)=NCCC[C@@H]1N[C@H](CNC(=O)C=Cc2cccs2)CCN(CC(c2ccccc2)c2ccccc2)C1=O. The van der Waals surface area contributed by atoms with Gasteiger partial charge in [-0.1, -0.05) is 66.7 Å². The molecule has 3 aromatic rings. The molecule has 0 unspecified atom stereocenters. The van der Waals surface area contributed by atoms with Crippen molar-refractivity contribution in [3.63, 3.8) is 0 Å². The maximum atomic E-state index is 13.9. The first kappa shape index (κ1) is 29.0. The summed E-state index contributed by atoms with van der Waals surface area (Å²) in [5, 5.41) is 8.50. The van der Waals surface area contributed by atoms with Crippen LogP contribution in [0, 0.1) is 0 Å². The summed E-state index contributed by atoms with van der Waals surface area (Å²) in [5.74, 6) is 0.00644. The van der Waals surface area contributed by atoms with E-state index in [1.54, 1.807) is 17.4 Å². The highest BCUT2D eigenvalue weighted by Crippen LogP contribution is 2.27. The number of carbonyl (C=O) groups is 2. The molecule has 0 bridgehead atoms. The van der Waals surface area contributed by atoms with Gasteiger partial charge < -0.3 is 27.0 Å². The average Bonchev–Trinajstić information content (AvgIpc) is 3.45. The summed E-state index contributed by atoms with van der Waals surface area (Å²) in [6, 6.07) is 24.1. The summed E-state index contributed by atoms with van der Waals surface area (Å²) in [6.45, 7) is 2.05. The molecule has 2 atom stereocenters. The summed E-state index contributed by atoms with van der Waals surface area (Å²) in [6.07, 6.45) is 5.35. The number of thiophene rings is 1. The summed E-state index contributed by atoms with van der Waals surface area (Å²) in [4.78, 5) is 33.4. The zero-order valence-electron chi connectivity index (χ0n) is 22.6. The number of nitrogens with two attached hydrogens (primary N) is 2. The van der Waals surface area contributed by atoms with Crippen LogP contribution < -0.4 is 22.1 Å². The third-order valence-electron chi connectivity index (χ3n) is 7.01. The topological polar surface area (TPSA) is 126 Å². The van der Waals surface area contributed by atoms with E-state index in [0.717, 1.165) is 11.3 Å². The van der Waals surface area contributed by atoms with Gasteiger partial charge in [0.2, 0.25) is 11.8 Å². The van der Waals surface area contributed by atoms with E-state index in [0.29, 0.717) is 39.0 Å². The van der Waals surface area contributed by atoms with E-state index in [9.17, 15) is 9.59 Å². The molecule has 2 aromatic carbocycles. The van der Waals surface area contributed by atoms with Crippen molar-refractivity contribution in [2.24, 2.45) is 16.5 Å². The number of amides is 2. The van der Waals surface area contributed by atoms with E-state index in [2.05, 4.69) is 39.9 Å². The Balaban J connectivity index is 1.47. The number of hydrogen-bond donors (Lipinski definition) is 4. The van der Waals surface area contributed by atoms with Crippen LogP contribution in [0.1, 0.15) is 41.2 Å². The molecule has 210 valence electrons. The molecule has 8 nitrogen and oxygen atoms in total. The van der Waals surface area contributed by atoms with Crippen LogP contribution in [0.4, 0.5) is 0 Å². The lowest BCUT2D eigenvalue weighted by molar-refractivity contribution is -0.133. The third-order valence-corrected chi connectivity index (χ3v) is 7.85. The van der Waals surface area contributed by atoms with Crippen LogP contribution in [0.3, 0.4) is 0 Å². The van der Waals surface area contributed by atoms with Gasteiger partial charge in [-0.2, -0.15) is 0 Å². The third kappa shape index (κ3) is 8.79. The monoisotopic (exact) mass is 558 g/mol. The molecule has 9 heteroatoms. The highest BCUT2D eigenvalue weighted by molar-refractivity contribution is 7.10. The second-order valence-electron chi connectivity index (χ2n) is 9.91. The lowest BCUT2D eigenvalue weighted by atomic mass is 9.90. The first-order chi connectivity index (χ1) is 19.5. The van der Waals surface area contributed by atoms with Gasteiger partial charge in [0, 0.05) is 49.1 Å². The van der Waals surface area contributed by atoms with Crippen LogP contribution in [0.2, 0.25) is 0 Å². The number of hydrogen-bond acceptors (Lipinski definition) is 5. The fourth-order valence-electron chi connectivity index (χ4n) is 4.96. The van der Waals surface area contributed by atoms with Crippen molar-refractivity contribution in [1.82, 2.24) is 15.5 Å². The van der Waals surface area contributed by atoms with Gasteiger partial charge in [-0.05, 0) is 47.9 Å². The lowest BCUT2D eigenvalue weighted by Crippen LogP contribution is -2.49. The first-order valence-corrected chi connectivity index (χ1v) is 14.6. The molecule has 0 radical (unpaired) electrons. The van der Waals surface area contributed by atoms with Crippen molar-refractivity contribution < 1.29 is 9.59 Å². The molecular formula is C31H38N6O2S. The highest BCUT2D eigenvalue weighted by atomic mass is 32.1. The van der Waals surface area contributed by atoms with Crippen LogP contribution in [0.15, 0.2) is 89.2 Å². The van der Waals surface area contributed by atoms with Gasteiger partial charge in [-0.15, -0.1) is 11.3 Å². The van der Waals surface area contributed by atoms with E-state index in [1.807, 2.05) is 64.9 Å². The van der Waals surface area contributed by atoms with Crippen molar-refractivity contribution in [2.75, 3.05) is 26.2 Å². The molecule has 1 fully saturated rings. The maximum Gasteiger partial charge on any atom is 0.244 e. The van der Waals surface area contributed by atoms with Gasteiger partial charge in [0.15, 0.2) is 5.96 Å². The van der Waals surface area contributed by atoms with Crippen molar-refractivity contribution in [3.8, 4) is 0 Å². The van der Waals surface area contributed by atoms with Gasteiger partial charge in [-0.25, -0.2) is 0 Å². The van der Waals surface area contributed by atoms with Gasteiger partial charge in [0.1, 0.15) is 0 Å². The standard InChI is InChI=1S/C31H38N6O2S/c32-31(33)34-18-7-14-28-30(39)37(22-27(23-9-3-1-4-10-23)24-11-5-2-6-12-24)19-17-25(36-28)21-35-29(38)16-15-26-13-8-20-40-26/h1-6,8-13,15-16,20,25,27-28,36H,7,14,17-19,21-22H2,(H,35,38)(H4,32,33,34)/t25-,28-/m0/s1. The molecule has 2 amide bonds. The molecule has 2 heterocycles. The summed E-state index contributed by atoms with van der Waals surface area (Å²) in [5.41, 5.74) is 13.3. The summed E-state index contributed by atoms with van der Waals surface area (Å²) >= 11 is 1.58. The summed E-state index contributed by atoms with van der Waals surface area (Å²) in [7, 11) is 0. The minimum absolute atomic E-state index is 0.0477. The second kappa shape index (κ2) is 15.0. The number of aliphatic imine (C=N–C) groups is 1. The predicted molar refractivity (Wildman–Crippen MR) is 163 cm³/mol. The molecule has 6 N–H and O–H groups in total. The number of nitrogens with zero attached hydrogens (tertiary/aromatic N) is 2. The minimum atomic E-state index is -0.396. The van der Waals surface area contributed by atoms with E-state index in [1.165, 1.54) is 11.1 Å².